The van der Waals surface area contributed by atoms with Crippen molar-refractivity contribution in [2.24, 2.45) is 40.6 Å². The zero-order valence-corrected chi connectivity index (χ0v) is 21.0. The molecule has 3 aromatic rings. The van der Waals surface area contributed by atoms with Gasteiger partial charge in [0.05, 0.1) is 23.0 Å². The number of imide groups is 1. The number of benzene rings is 2. The molecular weight excluding hydrogens is 480 g/mol. The second-order valence-corrected chi connectivity index (χ2v) is 10.9. The third-order valence-corrected chi connectivity index (χ3v) is 8.96. The van der Waals surface area contributed by atoms with E-state index in [2.05, 4.69) is 21.8 Å². The quantitative estimate of drug-likeness (QED) is 0.159. The molecule has 2 bridgehead atoms. The fourth-order valence-electron chi connectivity index (χ4n) is 7.07. The first kappa shape index (κ1) is 22.8. The van der Waals surface area contributed by atoms with Crippen molar-refractivity contribution in [3.8, 4) is 16.8 Å². The first-order valence-electron chi connectivity index (χ1n) is 13.0. The van der Waals surface area contributed by atoms with Gasteiger partial charge < -0.3 is 4.57 Å². The zero-order valence-electron chi connectivity index (χ0n) is 21.0. The minimum absolute atomic E-state index is 0.0647. The summed E-state index contributed by atoms with van der Waals surface area (Å²) < 4.78 is 2.10. The summed E-state index contributed by atoms with van der Waals surface area (Å²) in [4.78, 5) is 37.0. The molecule has 38 heavy (non-hydrogen) atoms. The second-order valence-electron chi connectivity index (χ2n) is 10.9. The van der Waals surface area contributed by atoms with Crippen LogP contribution in [0, 0.1) is 59.5 Å². The maximum atomic E-state index is 13.2. The van der Waals surface area contributed by atoms with Crippen LogP contribution < -0.4 is 0 Å². The molecule has 2 heterocycles. The molecule has 1 aromatic heterocycles. The molecule has 1 aliphatic heterocycles. The SMILES string of the molecule is Cc1cc(/C=N\N2C(=O)[C@@H]3[C@H]4C=C[C@@H]([C@@H]5C[C@H]45)[C@@H]3C2=O)c(C)n1-c1ccc(-c2ccc([N+](=O)[O-])cc2)cc1. The number of aryl methyl sites for hydroxylation is 1. The van der Waals surface area contributed by atoms with E-state index in [0.717, 1.165) is 45.2 Å². The van der Waals surface area contributed by atoms with Crippen molar-refractivity contribution < 1.29 is 14.5 Å². The summed E-state index contributed by atoms with van der Waals surface area (Å²) in [5, 5.41) is 16.5. The van der Waals surface area contributed by atoms with E-state index >= 15 is 0 Å². The molecule has 5 aliphatic rings. The summed E-state index contributed by atoms with van der Waals surface area (Å²) in [6.45, 7) is 3.99. The number of hydrogen-bond donors (Lipinski definition) is 0. The van der Waals surface area contributed by atoms with Crippen LogP contribution in [0.15, 0.2) is 71.9 Å². The van der Waals surface area contributed by atoms with E-state index in [1.54, 1.807) is 18.3 Å². The largest absolute Gasteiger partial charge is 0.318 e. The number of nitrogens with zero attached hydrogens (tertiary/aromatic N) is 4. The predicted octanol–water partition coefficient (Wildman–Crippen LogP) is 5.06. The van der Waals surface area contributed by atoms with Crippen LogP contribution in [0.2, 0.25) is 0 Å². The average Bonchev–Trinajstić information content (AvgIpc) is 3.65. The molecule has 0 N–H and O–H groups in total. The number of hydrogen-bond acceptors (Lipinski definition) is 5. The van der Waals surface area contributed by atoms with Crippen LogP contribution in [0.5, 0.6) is 0 Å². The molecule has 6 atom stereocenters. The van der Waals surface area contributed by atoms with Gasteiger partial charge in [-0.2, -0.15) is 10.1 Å². The molecule has 0 radical (unpaired) electrons. The summed E-state index contributed by atoms with van der Waals surface area (Å²) in [6.07, 6.45) is 7.10. The molecule has 1 saturated heterocycles. The van der Waals surface area contributed by atoms with Crippen molar-refractivity contribution in [2.75, 3.05) is 0 Å². The van der Waals surface area contributed by atoms with E-state index in [0.29, 0.717) is 11.8 Å². The Kier molecular flexibility index (Phi) is 4.86. The maximum absolute atomic E-state index is 13.2. The Hall–Kier alpha value is -4.33. The van der Waals surface area contributed by atoms with Crippen LogP contribution in [0.3, 0.4) is 0 Å². The van der Waals surface area contributed by atoms with E-state index in [4.69, 9.17) is 0 Å². The van der Waals surface area contributed by atoms with Gasteiger partial charge in [0, 0.05) is 34.8 Å². The van der Waals surface area contributed by atoms with Crippen molar-refractivity contribution in [2.45, 2.75) is 20.3 Å². The molecule has 2 saturated carbocycles. The Morgan fingerprint density at radius 2 is 1.45 bits per heavy atom. The molecule has 8 rings (SSSR count). The molecule has 4 aliphatic carbocycles. The molecule has 0 unspecified atom stereocenters. The van der Waals surface area contributed by atoms with Gasteiger partial charge in [0.15, 0.2) is 0 Å². The highest BCUT2D eigenvalue weighted by molar-refractivity contribution is 6.06. The third-order valence-electron chi connectivity index (χ3n) is 8.96. The van der Waals surface area contributed by atoms with Crippen molar-refractivity contribution >= 4 is 23.7 Å². The van der Waals surface area contributed by atoms with Gasteiger partial charge in [-0.3, -0.25) is 19.7 Å². The number of aromatic nitrogens is 1. The first-order chi connectivity index (χ1) is 18.3. The lowest BCUT2D eigenvalue weighted by atomic mass is 9.63. The number of nitro benzene ring substituents is 1. The lowest BCUT2D eigenvalue weighted by molar-refractivity contribution is -0.384. The number of non-ortho nitro benzene ring substituents is 1. The number of hydrazone groups is 1. The van der Waals surface area contributed by atoms with Crippen molar-refractivity contribution in [3.63, 3.8) is 0 Å². The van der Waals surface area contributed by atoms with Crippen molar-refractivity contribution in [1.82, 2.24) is 9.58 Å². The Morgan fingerprint density at radius 1 is 0.895 bits per heavy atom. The predicted molar refractivity (Wildman–Crippen MR) is 141 cm³/mol. The zero-order chi connectivity index (χ0) is 26.3. The molecule has 2 amide bonds. The van der Waals surface area contributed by atoms with E-state index in [1.165, 1.54) is 12.1 Å². The van der Waals surface area contributed by atoms with Gasteiger partial charge >= 0.3 is 0 Å². The number of rotatable bonds is 5. The van der Waals surface area contributed by atoms with Crippen molar-refractivity contribution in [1.29, 1.82) is 0 Å². The number of amides is 2. The standard InChI is InChI=1S/C30H26N4O4/c1-16-13-20(15-31-33-29(35)27-23-11-12-24(26-14-25(23)26)28(27)30(33)36)17(2)32(16)21-7-3-18(4-8-21)19-5-9-22(10-6-19)34(37)38/h3-13,15,23-28H,14H2,1-2H3/b31-15-/t23-,24-,25-,26+,27-,28+/m0/s1. The molecule has 8 heteroatoms. The van der Waals surface area contributed by atoms with Crippen molar-refractivity contribution in [3.05, 3.63) is 93.8 Å². The lowest BCUT2D eigenvalue weighted by Gasteiger charge is -2.37. The minimum atomic E-state index is -0.406. The van der Waals surface area contributed by atoms with E-state index < -0.39 is 4.92 Å². The van der Waals surface area contributed by atoms with Gasteiger partial charge in [-0.25, -0.2) is 0 Å². The number of nitro groups is 1. The first-order valence-corrected chi connectivity index (χ1v) is 13.0. The number of allylic oxidation sites excluding steroid dienone is 2. The van der Waals surface area contributed by atoms with Crippen LogP contribution in [0.4, 0.5) is 5.69 Å². The van der Waals surface area contributed by atoms with Crippen LogP contribution >= 0.6 is 0 Å². The lowest BCUT2D eigenvalue weighted by Crippen LogP contribution is -2.40. The summed E-state index contributed by atoms with van der Waals surface area (Å²) >= 11 is 0. The van der Waals surface area contributed by atoms with Crippen LogP contribution in [0.1, 0.15) is 23.4 Å². The Balaban J connectivity index is 1.12. The Morgan fingerprint density at radius 3 is 2.00 bits per heavy atom. The fraction of sp³-hybridized carbons (Fsp3) is 0.300. The Bertz CT molecular complexity index is 1530. The van der Waals surface area contributed by atoms with E-state index in [1.807, 2.05) is 44.2 Å². The van der Waals surface area contributed by atoms with Gasteiger partial charge in [0.2, 0.25) is 0 Å². The molecular formula is C30H26N4O4. The van der Waals surface area contributed by atoms with Gasteiger partial charge in [0.25, 0.3) is 17.5 Å². The fourth-order valence-corrected chi connectivity index (χ4v) is 7.07. The molecule has 2 aromatic carbocycles. The van der Waals surface area contributed by atoms with Gasteiger partial charge in [-0.05, 0) is 85.4 Å². The maximum Gasteiger partial charge on any atom is 0.269 e. The summed E-state index contributed by atoms with van der Waals surface area (Å²) in [7, 11) is 0. The van der Waals surface area contributed by atoms with Crippen LogP contribution in [-0.2, 0) is 9.59 Å². The normalized spacial score (nSPS) is 28.7. The second kappa shape index (κ2) is 8.08. The highest BCUT2D eigenvalue weighted by Crippen LogP contribution is 2.65. The highest BCUT2D eigenvalue weighted by atomic mass is 16.6. The monoisotopic (exact) mass is 506 g/mol. The summed E-state index contributed by atoms with van der Waals surface area (Å²) in [5.41, 5.74) is 5.69. The molecule has 8 nitrogen and oxygen atoms in total. The third kappa shape index (κ3) is 3.25. The summed E-state index contributed by atoms with van der Waals surface area (Å²) in [6, 6.07) is 16.5. The van der Waals surface area contributed by atoms with Gasteiger partial charge in [-0.15, -0.1) is 0 Å². The van der Waals surface area contributed by atoms with Gasteiger partial charge in [-0.1, -0.05) is 24.3 Å². The van der Waals surface area contributed by atoms with E-state index in [9.17, 15) is 19.7 Å². The molecule has 0 spiro atoms. The van der Waals surface area contributed by atoms with Crippen LogP contribution in [0.25, 0.3) is 16.8 Å². The smallest absolute Gasteiger partial charge is 0.269 e. The number of carbonyl (C=O) groups excluding carboxylic acids is 2. The number of carbonyl (C=O) groups is 2. The summed E-state index contributed by atoms with van der Waals surface area (Å²) in [5.74, 6) is 0.694. The van der Waals surface area contributed by atoms with E-state index in [-0.39, 0.29) is 41.2 Å². The molecule has 190 valence electrons. The topological polar surface area (TPSA) is 97.8 Å². The van der Waals surface area contributed by atoms with Crippen LogP contribution in [-0.4, -0.2) is 32.5 Å². The molecule has 3 fully saturated rings. The minimum Gasteiger partial charge on any atom is -0.318 e. The van der Waals surface area contributed by atoms with Gasteiger partial charge in [0.1, 0.15) is 0 Å². The average molecular weight is 507 g/mol. The Labute approximate surface area is 219 Å². The highest BCUT2D eigenvalue weighted by Gasteiger charge is 2.67.